The van der Waals surface area contributed by atoms with Crippen molar-refractivity contribution in [2.24, 2.45) is 0 Å². The second kappa shape index (κ2) is 3.57. The van der Waals surface area contributed by atoms with Gasteiger partial charge >= 0.3 is 0 Å². The van der Waals surface area contributed by atoms with Crippen molar-refractivity contribution in [2.45, 2.75) is 0 Å². The van der Waals surface area contributed by atoms with Crippen LogP contribution in [0.3, 0.4) is 0 Å². The Morgan fingerprint density at radius 3 is 2.73 bits per heavy atom. The van der Waals surface area contributed by atoms with Gasteiger partial charge in [-0.2, -0.15) is 5.26 Å². The normalized spacial score (nSPS) is 8.73. The lowest BCUT2D eigenvalue weighted by Crippen LogP contribution is -2.16. The Balaban J connectivity index is 2.70. The Morgan fingerprint density at radius 1 is 1.55 bits per heavy atom. The molecule has 3 nitrogen and oxygen atoms in total. The number of aromatic nitrogens is 1. The number of nitrogens with zero attached hydrogens (tertiary/aromatic N) is 3. The molecule has 3 heteroatoms. The standard InChI is InChI=1S/C8H9N3/c1-11(7-4-9)8-2-5-10-6-3-8/h2-3,5-6H,7H2,1H3. The lowest BCUT2D eigenvalue weighted by Gasteiger charge is -2.13. The van der Waals surface area contributed by atoms with Crippen molar-refractivity contribution in [3.63, 3.8) is 0 Å². The summed E-state index contributed by atoms with van der Waals surface area (Å²) in [6.45, 7) is 0.407. The molecular formula is C8H9N3. The Hall–Kier alpha value is -1.56. The van der Waals surface area contributed by atoms with Crippen LogP contribution in [-0.2, 0) is 0 Å². The third-order valence-electron chi connectivity index (χ3n) is 1.41. The molecule has 0 fully saturated rings. The van der Waals surface area contributed by atoms with Gasteiger partial charge in [0.15, 0.2) is 0 Å². The van der Waals surface area contributed by atoms with Crippen LogP contribution in [0.25, 0.3) is 0 Å². The van der Waals surface area contributed by atoms with E-state index in [0.717, 1.165) is 5.69 Å². The van der Waals surface area contributed by atoms with Gasteiger partial charge in [0.25, 0.3) is 0 Å². The van der Waals surface area contributed by atoms with E-state index in [0.29, 0.717) is 6.54 Å². The second-order valence-electron chi connectivity index (χ2n) is 2.22. The van der Waals surface area contributed by atoms with Gasteiger partial charge in [-0.1, -0.05) is 0 Å². The number of pyridine rings is 1. The molecule has 56 valence electrons. The summed E-state index contributed by atoms with van der Waals surface area (Å²) in [6, 6.07) is 5.82. The first-order valence-corrected chi connectivity index (χ1v) is 3.32. The van der Waals surface area contributed by atoms with Crippen LogP contribution in [0.15, 0.2) is 24.5 Å². The van der Waals surface area contributed by atoms with E-state index < -0.39 is 0 Å². The molecule has 11 heavy (non-hydrogen) atoms. The molecule has 0 bridgehead atoms. The predicted molar refractivity (Wildman–Crippen MR) is 43.1 cm³/mol. The molecule has 0 saturated heterocycles. The molecule has 1 aromatic rings. The molecule has 1 rings (SSSR count). The molecule has 0 amide bonds. The van der Waals surface area contributed by atoms with E-state index in [9.17, 15) is 0 Å². The molecule has 1 heterocycles. The highest BCUT2D eigenvalue weighted by Gasteiger charge is 1.95. The fourth-order valence-corrected chi connectivity index (χ4v) is 0.796. The van der Waals surface area contributed by atoms with Gasteiger partial charge in [0, 0.05) is 25.1 Å². The second-order valence-corrected chi connectivity index (χ2v) is 2.22. The lowest BCUT2D eigenvalue weighted by atomic mass is 10.4. The quantitative estimate of drug-likeness (QED) is 0.587. The fourth-order valence-electron chi connectivity index (χ4n) is 0.796. The molecular weight excluding hydrogens is 138 g/mol. The van der Waals surface area contributed by atoms with Crippen molar-refractivity contribution in [2.75, 3.05) is 18.5 Å². The number of hydrogen-bond acceptors (Lipinski definition) is 3. The van der Waals surface area contributed by atoms with Crippen molar-refractivity contribution in [3.8, 4) is 6.07 Å². The summed E-state index contributed by atoms with van der Waals surface area (Å²) in [5.74, 6) is 0. The molecule has 0 aliphatic heterocycles. The smallest absolute Gasteiger partial charge is 0.105 e. The van der Waals surface area contributed by atoms with Gasteiger partial charge in [0.05, 0.1) is 6.07 Å². The molecule has 0 aliphatic rings. The molecule has 0 atom stereocenters. The molecule has 0 spiro atoms. The van der Waals surface area contributed by atoms with Gasteiger partial charge in [-0.15, -0.1) is 0 Å². The maximum atomic E-state index is 8.39. The van der Waals surface area contributed by atoms with Crippen molar-refractivity contribution in [1.29, 1.82) is 5.26 Å². The number of rotatable bonds is 2. The Kier molecular flexibility index (Phi) is 2.45. The first kappa shape index (κ1) is 7.55. The van der Waals surface area contributed by atoms with Gasteiger partial charge < -0.3 is 4.90 Å². The van der Waals surface area contributed by atoms with Gasteiger partial charge in [-0.05, 0) is 12.1 Å². The zero-order chi connectivity index (χ0) is 8.10. The Morgan fingerprint density at radius 2 is 2.18 bits per heavy atom. The molecule has 0 N–H and O–H groups in total. The highest BCUT2D eigenvalue weighted by Crippen LogP contribution is 2.07. The van der Waals surface area contributed by atoms with E-state index in [1.165, 1.54) is 0 Å². The van der Waals surface area contributed by atoms with E-state index in [1.54, 1.807) is 12.4 Å². The Labute approximate surface area is 65.9 Å². The average Bonchev–Trinajstić information content (AvgIpc) is 2.07. The molecule has 0 unspecified atom stereocenters. The summed E-state index contributed by atoms with van der Waals surface area (Å²) in [5.41, 5.74) is 1.02. The minimum Gasteiger partial charge on any atom is -0.361 e. The van der Waals surface area contributed by atoms with E-state index in [2.05, 4.69) is 11.1 Å². The van der Waals surface area contributed by atoms with Gasteiger partial charge in [-0.3, -0.25) is 4.98 Å². The molecule has 0 aliphatic carbocycles. The van der Waals surface area contributed by atoms with E-state index in [4.69, 9.17) is 5.26 Å². The van der Waals surface area contributed by atoms with Crippen molar-refractivity contribution in [3.05, 3.63) is 24.5 Å². The summed E-state index contributed by atoms with van der Waals surface area (Å²) >= 11 is 0. The maximum absolute atomic E-state index is 8.39. The van der Waals surface area contributed by atoms with E-state index >= 15 is 0 Å². The van der Waals surface area contributed by atoms with E-state index in [1.807, 2.05) is 24.1 Å². The van der Waals surface area contributed by atoms with Crippen LogP contribution in [0.4, 0.5) is 5.69 Å². The van der Waals surface area contributed by atoms with Crippen LogP contribution < -0.4 is 4.90 Å². The van der Waals surface area contributed by atoms with Crippen LogP contribution in [0.5, 0.6) is 0 Å². The summed E-state index contributed by atoms with van der Waals surface area (Å²) < 4.78 is 0. The fraction of sp³-hybridized carbons (Fsp3) is 0.250. The third-order valence-corrected chi connectivity index (χ3v) is 1.41. The molecule has 0 radical (unpaired) electrons. The summed E-state index contributed by atoms with van der Waals surface area (Å²) in [6.07, 6.45) is 3.42. The number of anilines is 1. The molecule has 0 saturated carbocycles. The van der Waals surface area contributed by atoms with Crippen LogP contribution in [0, 0.1) is 11.3 Å². The highest BCUT2D eigenvalue weighted by molar-refractivity contribution is 5.44. The van der Waals surface area contributed by atoms with Crippen LogP contribution in [0.2, 0.25) is 0 Å². The first-order chi connectivity index (χ1) is 5.34. The van der Waals surface area contributed by atoms with Gasteiger partial charge in [-0.25, -0.2) is 0 Å². The molecule has 0 aromatic carbocycles. The van der Waals surface area contributed by atoms with Crippen LogP contribution >= 0.6 is 0 Å². The SMILES string of the molecule is CN(CC#N)c1ccncc1. The predicted octanol–water partition coefficient (Wildman–Crippen LogP) is 1.04. The first-order valence-electron chi connectivity index (χ1n) is 3.32. The van der Waals surface area contributed by atoms with Crippen molar-refractivity contribution in [1.82, 2.24) is 4.98 Å². The van der Waals surface area contributed by atoms with Crippen molar-refractivity contribution < 1.29 is 0 Å². The van der Waals surface area contributed by atoms with Gasteiger partial charge in [0.1, 0.15) is 6.54 Å². The summed E-state index contributed by atoms with van der Waals surface area (Å²) in [4.78, 5) is 5.74. The van der Waals surface area contributed by atoms with Crippen molar-refractivity contribution >= 4 is 5.69 Å². The summed E-state index contributed by atoms with van der Waals surface area (Å²) in [5, 5.41) is 8.39. The Bertz CT molecular complexity index is 250. The lowest BCUT2D eigenvalue weighted by molar-refractivity contribution is 1.03. The highest BCUT2D eigenvalue weighted by atomic mass is 15.1. The van der Waals surface area contributed by atoms with E-state index in [-0.39, 0.29) is 0 Å². The minimum absolute atomic E-state index is 0.407. The zero-order valence-corrected chi connectivity index (χ0v) is 6.36. The topological polar surface area (TPSA) is 39.9 Å². The summed E-state index contributed by atoms with van der Waals surface area (Å²) in [7, 11) is 1.87. The minimum atomic E-state index is 0.407. The number of hydrogen-bond donors (Lipinski definition) is 0. The van der Waals surface area contributed by atoms with Gasteiger partial charge in [0.2, 0.25) is 0 Å². The van der Waals surface area contributed by atoms with Crippen LogP contribution in [0.1, 0.15) is 0 Å². The zero-order valence-electron chi connectivity index (χ0n) is 6.36. The largest absolute Gasteiger partial charge is 0.361 e. The third kappa shape index (κ3) is 1.94. The van der Waals surface area contributed by atoms with Crippen LogP contribution in [-0.4, -0.2) is 18.6 Å². The molecule has 1 aromatic heterocycles. The average molecular weight is 147 g/mol. The monoisotopic (exact) mass is 147 g/mol. The maximum Gasteiger partial charge on any atom is 0.105 e. The number of nitriles is 1.